The maximum atomic E-state index is 12.0. The lowest BCUT2D eigenvalue weighted by Gasteiger charge is -2.10. The molecule has 0 aliphatic carbocycles. The van der Waals surface area contributed by atoms with Crippen LogP contribution in [0, 0.1) is 13.8 Å². The van der Waals surface area contributed by atoms with Gasteiger partial charge >= 0.3 is 0 Å². The van der Waals surface area contributed by atoms with Gasteiger partial charge in [-0.2, -0.15) is 0 Å². The minimum atomic E-state index is -0.0316. The average molecular weight is 345 g/mol. The predicted octanol–water partition coefficient (Wildman–Crippen LogP) is 5.17. The van der Waals surface area contributed by atoms with Gasteiger partial charge in [-0.05, 0) is 20.3 Å². The van der Waals surface area contributed by atoms with Gasteiger partial charge in [-0.3, -0.25) is 4.79 Å². The molecule has 3 aromatic rings. The lowest BCUT2D eigenvalue weighted by molar-refractivity contribution is -0.116. The molecule has 0 unspecified atom stereocenters. The van der Waals surface area contributed by atoms with Crippen LogP contribution in [0.1, 0.15) is 30.9 Å². The van der Waals surface area contributed by atoms with Crippen molar-refractivity contribution in [3.8, 4) is 22.6 Å². The molecule has 0 saturated heterocycles. The van der Waals surface area contributed by atoms with Crippen LogP contribution in [0.25, 0.3) is 22.6 Å². The number of benzene rings is 2. The molecule has 1 heterocycles. The Balaban J connectivity index is 2.05. The molecule has 0 saturated carbocycles. The Labute approximate surface area is 154 Å². The van der Waals surface area contributed by atoms with Gasteiger partial charge in [0, 0.05) is 23.6 Å². The summed E-state index contributed by atoms with van der Waals surface area (Å²) in [5, 5.41) is 2.90. The number of carbonyl (C=O) groups is 1. The van der Waals surface area contributed by atoms with E-state index in [0.29, 0.717) is 18.1 Å². The lowest BCUT2D eigenvalue weighted by atomic mass is 10.1. The SMILES string of the molecule is CCCC(=O)Nc1cc(-c2ccc(C)cc2)nc(-c2ccc(C)cc2)n1. The summed E-state index contributed by atoms with van der Waals surface area (Å²) >= 11 is 0. The quantitative estimate of drug-likeness (QED) is 0.694. The van der Waals surface area contributed by atoms with Crippen molar-refractivity contribution < 1.29 is 4.79 Å². The molecule has 0 aliphatic rings. The van der Waals surface area contributed by atoms with E-state index in [9.17, 15) is 4.79 Å². The number of carbonyl (C=O) groups excluding carboxylic acids is 1. The second-order valence-electron chi connectivity index (χ2n) is 6.49. The third-order valence-electron chi connectivity index (χ3n) is 4.13. The summed E-state index contributed by atoms with van der Waals surface area (Å²) in [5.74, 6) is 1.11. The molecule has 0 bridgehead atoms. The number of rotatable bonds is 5. The van der Waals surface area contributed by atoms with Crippen molar-refractivity contribution in [1.29, 1.82) is 0 Å². The summed E-state index contributed by atoms with van der Waals surface area (Å²) < 4.78 is 0. The molecule has 3 rings (SSSR count). The normalized spacial score (nSPS) is 10.6. The zero-order valence-electron chi connectivity index (χ0n) is 15.4. The molecule has 0 spiro atoms. The largest absolute Gasteiger partial charge is 0.311 e. The molecule has 0 atom stereocenters. The van der Waals surface area contributed by atoms with E-state index in [1.165, 1.54) is 11.1 Å². The van der Waals surface area contributed by atoms with E-state index in [-0.39, 0.29) is 5.91 Å². The minimum absolute atomic E-state index is 0.0316. The van der Waals surface area contributed by atoms with Crippen LogP contribution < -0.4 is 5.32 Å². The molecule has 26 heavy (non-hydrogen) atoms. The van der Waals surface area contributed by atoms with Crippen LogP contribution in [0.4, 0.5) is 5.82 Å². The second kappa shape index (κ2) is 7.91. The van der Waals surface area contributed by atoms with Crippen LogP contribution in [0.5, 0.6) is 0 Å². The van der Waals surface area contributed by atoms with Crippen LogP contribution in [0.2, 0.25) is 0 Å². The molecule has 1 amide bonds. The van der Waals surface area contributed by atoms with Gasteiger partial charge in [0.2, 0.25) is 5.91 Å². The van der Waals surface area contributed by atoms with Crippen molar-refractivity contribution in [3.63, 3.8) is 0 Å². The first-order valence-electron chi connectivity index (χ1n) is 8.88. The zero-order valence-corrected chi connectivity index (χ0v) is 15.4. The standard InChI is InChI=1S/C22H23N3O/c1-4-5-21(26)24-20-14-19(17-10-6-15(2)7-11-17)23-22(25-20)18-12-8-16(3)9-13-18/h6-14H,4-5H2,1-3H3,(H,23,24,25,26). The van der Waals surface area contributed by atoms with Gasteiger partial charge < -0.3 is 5.32 Å². The van der Waals surface area contributed by atoms with Crippen LogP contribution >= 0.6 is 0 Å². The molecule has 1 N–H and O–H groups in total. The smallest absolute Gasteiger partial charge is 0.225 e. The molecular formula is C22H23N3O. The summed E-state index contributed by atoms with van der Waals surface area (Å²) in [6.07, 6.45) is 1.27. The first-order valence-corrected chi connectivity index (χ1v) is 8.88. The monoisotopic (exact) mass is 345 g/mol. The summed E-state index contributed by atoms with van der Waals surface area (Å²) in [7, 11) is 0. The van der Waals surface area contributed by atoms with Gasteiger partial charge in [0.05, 0.1) is 5.69 Å². The van der Waals surface area contributed by atoms with E-state index in [1.54, 1.807) is 0 Å². The predicted molar refractivity (Wildman–Crippen MR) is 106 cm³/mol. The summed E-state index contributed by atoms with van der Waals surface area (Å²) in [6, 6.07) is 18.1. The van der Waals surface area contributed by atoms with E-state index in [1.807, 2.05) is 56.3 Å². The van der Waals surface area contributed by atoms with Gasteiger partial charge in [0.15, 0.2) is 5.82 Å². The first kappa shape index (κ1) is 17.8. The first-order chi connectivity index (χ1) is 12.5. The van der Waals surface area contributed by atoms with E-state index >= 15 is 0 Å². The van der Waals surface area contributed by atoms with Crippen LogP contribution in [-0.4, -0.2) is 15.9 Å². The fourth-order valence-electron chi connectivity index (χ4n) is 2.65. The van der Waals surface area contributed by atoms with Gasteiger partial charge in [-0.15, -0.1) is 0 Å². The lowest BCUT2D eigenvalue weighted by Crippen LogP contribution is -2.12. The van der Waals surface area contributed by atoms with Gasteiger partial charge in [0.1, 0.15) is 5.82 Å². The Morgan fingerprint density at radius 3 is 2.04 bits per heavy atom. The molecule has 2 aromatic carbocycles. The summed E-state index contributed by atoms with van der Waals surface area (Å²) in [4.78, 5) is 21.3. The number of hydrogen-bond acceptors (Lipinski definition) is 3. The number of aryl methyl sites for hydroxylation is 2. The Morgan fingerprint density at radius 1 is 0.885 bits per heavy atom. The van der Waals surface area contributed by atoms with Gasteiger partial charge in [-0.25, -0.2) is 9.97 Å². The highest BCUT2D eigenvalue weighted by atomic mass is 16.1. The van der Waals surface area contributed by atoms with Crippen LogP contribution in [0.3, 0.4) is 0 Å². The fraction of sp³-hybridized carbons (Fsp3) is 0.227. The summed E-state index contributed by atoms with van der Waals surface area (Å²) in [5.41, 5.74) is 5.09. The summed E-state index contributed by atoms with van der Waals surface area (Å²) in [6.45, 7) is 6.08. The van der Waals surface area contributed by atoms with E-state index in [2.05, 4.69) is 29.4 Å². The topological polar surface area (TPSA) is 54.9 Å². The van der Waals surface area contributed by atoms with Crippen molar-refractivity contribution in [2.45, 2.75) is 33.6 Å². The number of hydrogen-bond donors (Lipinski definition) is 1. The van der Waals surface area contributed by atoms with E-state index in [0.717, 1.165) is 23.2 Å². The second-order valence-corrected chi connectivity index (χ2v) is 6.49. The fourth-order valence-corrected chi connectivity index (χ4v) is 2.65. The third kappa shape index (κ3) is 4.33. The van der Waals surface area contributed by atoms with Gasteiger partial charge in [-0.1, -0.05) is 66.6 Å². The molecule has 1 aromatic heterocycles. The minimum Gasteiger partial charge on any atom is -0.311 e. The molecule has 4 nitrogen and oxygen atoms in total. The third-order valence-corrected chi connectivity index (χ3v) is 4.13. The maximum Gasteiger partial charge on any atom is 0.225 e. The van der Waals surface area contributed by atoms with Crippen molar-refractivity contribution in [3.05, 3.63) is 65.7 Å². The number of nitrogens with zero attached hydrogens (tertiary/aromatic N) is 2. The number of nitrogens with one attached hydrogen (secondary N) is 1. The van der Waals surface area contributed by atoms with Crippen LogP contribution in [-0.2, 0) is 4.79 Å². The molecule has 0 fully saturated rings. The van der Waals surface area contributed by atoms with E-state index < -0.39 is 0 Å². The van der Waals surface area contributed by atoms with Gasteiger partial charge in [0.25, 0.3) is 0 Å². The molecule has 0 aliphatic heterocycles. The highest BCUT2D eigenvalue weighted by Gasteiger charge is 2.11. The van der Waals surface area contributed by atoms with Crippen LogP contribution in [0.15, 0.2) is 54.6 Å². The molecule has 4 heteroatoms. The zero-order chi connectivity index (χ0) is 18.5. The number of aromatic nitrogens is 2. The van der Waals surface area contributed by atoms with Crippen molar-refractivity contribution in [2.24, 2.45) is 0 Å². The molecule has 132 valence electrons. The van der Waals surface area contributed by atoms with E-state index in [4.69, 9.17) is 4.98 Å². The average Bonchev–Trinajstić information content (AvgIpc) is 2.63. The highest BCUT2D eigenvalue weighted by molar-refractivity contribution is 5.90. The number of anilines is 1. The van der Waals surface area contributed by atoms with Crippen molar-refractivity contribution in [1.82, 2.24) is 9.97 Å². The van der Waals surface area contributed by atoms with Crippen molar-refractivity contribution in [2.75, 3.05) is 5.32 Å². The Kier molecular flexibility index (Phi) is 5.42. The number of amides is 1. The maximum absolute atomic E-state index is 12.0. The highest BCUT2D eigenvalue weighted by Crippen LogP contribution is 2.25. The molecule has 0 radical (unpaired) electrons. The van der Waals surface area contributed by atoms with Crippen molar-refractivity contribution >= 4 is 11.7 Å². The molecular weight excluding hydrogens is 322 g/mol. The Morgan fingerprint density at radius 2 is 1.46 bits per heavy atom. The Hall–Kier alpha value is -3.01. The Bertz CT molecular complexity index is 836.